The van der Waals surface area contributed by atoms with Crippen LogP contribution in [0.15, 0.2) is 30.3 Å². The van der Waals surface area contributed by atoms with Gasteiger partial charge in [-0.25, -0.2) is 0 Å². The second-order valence-corrected chi connectivity index (χ2v) is 5.88. The highest BCUT2D eigenvalue weighted by molar-refractivity contribution is 5.17. The van der Waals surface area contributed by atoms with E-state index < -0.39 is 11.7 Å². The average molecular weight is 263 g/mol. The number of benzene rings is 1. The first-order valence-electron chi connectivity index (χ1n) is 7.23. The Kier molecular flexibility index (Phi) is 4.97. The predicted octanol–water partition coefficient (Wildman–Crippen LogP) is 2.35. The molecule has 1 aromatic carbocycles. The van der Waals surface area contributed by atoms with Crippen molar-refractivity contribution in [2.75, 3.05) is 20.1 Å². The summed E-state index contributed by atoms with van der Waals surface area (Å²) in [7, 11) is 2.02. The van der Waals surface area contributed by atoms with E-state index in [0.717, 1.165) is 37.8 Å². The van der Waals surface area contributed by atoms with Gasteiger partial charge in [0.05, 0.1) is 11.7 Å². The summed E-state index contributed by atoms with van der Waals surface area (Å²) >= 11 is 0. The van der Waals surface area contributed by atoms with Gasteiger partial charge in [-0.2, -0.15) is 0 Å². The molecule has 1 aliphatic rings. The Labute approximate surface area is 115 Å². The van der Waals surface area contributed by atoms with Gasteiger partial charge in [0.2, 0.25) is 0 Å². The van der Waals surface area contributed by atoms with Crippen molar-refractivity contribution in [2.45, 2.75) is 43.8 Å². The highest BCUT2D eigenvalue weighted by Gasteiger charge is 2.32. The Hall–Kier alpha value is -0.900. The molecule has 1 aliphatic carbocycles. The van der Waals surface area contributed by atoms with Crippen molar-refractivity contribution in [3.63, 3.8) is 0 Å². The van der Waals surface area contributed by atoms with Crippen LogP contribution in [0.1, 0.15) is 43.8 Å². The molecule has 0 aromatic heterocycles. The van der Waals surface area contributed by atoms with E-state index in [1.165, 1.54) is 0 Å². The third-order valence-corrected chi connectivity index (χ3v) is 4.07. The lowest BCUT2D eigenvalue weighted by Crippen LogP contribution is -2.39. The lowest BCUT2D eigenvalue weighted by Gasteiger charge is -2.29. The second-order valence-electron chi connectivity index (χ2n) is 5.88. The summed E-state index contributed by atoms with van der Waals surface area (Å²) in [4.78, 5) is 2.14. The fourth-order valence-electron chi connectivity index (χ4n) is 2.96. The molecule has 0 bridgehead atoms. The molecule has 2 rings (SSSR count). The predicted molar refractivity (Wildman–Crippen MR) is 76.9 cm³/mol. The van der Waals surface area contributed by atoms with Crippen LogP contribution in [0.5, 0.6) is 0 Å². The molecule has 106 valence electrons. The minimum Gasteiger partial charge on any atom is -0.389 e. The highest BCUT2D eigenvalue weighted by Crippen LogP contribution is 2.30. The maximum absolute atomic E-state index is 10.3. The Morgan fingerprint density at radius 2 is 1.84 bits per heavy atom. The number of nitrogens with zero attached hydrogens (tertiary/aromatic N) is 1. The average Bonchev–Trinajstić information content (AvgIpc) is 2.83. The number of hydrogen-bond donors (Lipinski definition) is 2. The molecule has 3 nitrogen and oxygen atoms in total. The molecule has 0 saturated heterocycles. The van der Waals surface area contributed by atoms with E-state index in [1.807, 2.05) is 37.4 Å². The standard InChI is InChI=1S/C16H25NO2/c1-17(13-16(19)10-5-6-11-16)12-9-15(18)14-7-3-2-4-8-14/h2-4,7-8,15,18-19H,5-6,9-13H2,1H3. The first kappa shape index (κ1) is 14.5. The molecule has 0 radical (unpaired) electrons. The molecule has 1 aromatic rings. The summed E-state index contributed by atoms with van der Waals surface area (Å²) in [6.07, 6.45) is 4.39. The van der Waals surface area contributed by atoms with Gasteiger partial charge in [-0.15, -0.1) is 0 Å². The van der Waals surface area contributed by atoms with Gasteiger partial charge in [-0.3, -0.25) is 0 Å². The first-order chi connectivity index (χ1) is 9.09. The van der Waals surface area contributed by atoms with Crippen molar-refractivity contribution >= 4 is 0 Å². The maximum Gasteiger partial charge on any atom is 0.0802 e. The minimum atomic E-state index is -0.494. The minimum absolute atomic E-state index is 0.415. The van der Waals surface area contributed by atoms with Crippen LogP contribution >= 0.6 is 0 Å². The summed E-state index contributed by atoms with van der Waals surface area (Å²) in [5.41, 5.74) is 0.474. The van der Waals surface area contributed by atoms with E-state index in [0.29, 0.717) is 13.0 Å². The third kappa shape index (κ3) is 4.30. The Morgan fingerprint density at radius 3 is 2.47 bits per heavy atom. The molecule has 1 fully saturated rings. The fraction of sp³-hybridized carbons (Fsp3) is 0.625. The zero-order valence-electron chi connectivity index (χ0n) is 11.8. The van der Waals surface area contributed by atoms with Crippen LogP contribution in [0.25, 0.3) is 0 Å². The van der Waals surface area contributed by atoms with Gasteiger partial charge in [-0.1, -0.05) is 43.2 Å². The van der Waals surface area contributed by atoms with E-state index in [-0.39, 0.29) is 0 Å². The van der Waals surface area contributed by atoms with Crippen molar-refractivity contribution in [1.82, 2.24) is 4.90 Å². The zero-order chi connectivity index (χ0) is 13.7. The van der Waals surface area contributed by atoms with Crippen molar-refractivity contribution in [3.8, 4) is 0 Å². The van der Waals surface area contributed by atoms with Crippen molar-refractivity contribution < 1.29 is 10.2 Å². The normalized spacial score (nSPS) is 19.8. The Morgan fingerprint density at radius 1 is 1.21 bits per heavy atom. The lowest BCUT2D eigenvalue weighted by atomic mass is 10.0. The highest BCUT2D eigenvalue weighted by atomic mass is 16.3. The van der Waals surface area contributed by atoms with E-state index >= 15 is 0 Å². The van der Waals surface area contributed by atoms with E-state index in [9.17, 15) is 10.2 Å². The summed E-state index contributed by atoms with van der Waals surface area (Å²) in [6, 6.07) is 9.76. The largest absolute Gasteiger partial charge is 0.389 e. The number of aliphatic hydroxyl groups is 2. The van der Waals surface area contributed by atoms with E-state index in [4.69, 9.17) is 0 Å². The molecule has 0 spiro atoms. The molecular weight excluding hydrogens is 238 g/mol. The SMILES string of the molecule is CN(CCC(O)c1ccccc1)CC1(O)CCCC1. The Bertz CT molecular complexity index is 374. The maximum atomic E-state index is 10.3. The summed E-state index contributed by atoms with van der Waals surface area (Å²) in [5, 5.41) is 20.4. The molecule has 2 N–H and O–H groups in total. The second kappa shape index (κ2) is 6.51. The molecule has 19 heavy (non-hydrogen) atoms. The fourth-order valence-corrected chi connectivity index (χ4v) is 2.96. The molecule has 1 atom stereocenters. The molecular formula is C16H25NO2. The number of rotatable bonds is 6. The van der Waals surface area contributed by atoms with Crippen LogP contribution in [-0.2, 0) is 0 Å². The topological polar surface area (TPSA) is 43.7 Å². The molecule has 0 aliphatic heterocycles. The smallest absolute Gasteiger partial charge is 0.0802 e. The summed E-state index contributed by atoms with van der Waals surface area (Å²) in [6.45, 7) is 1.52. The third-order valence-electron chi connectivity index (χ3n) is 4.07. The zero-order valence-corrected chi connectivity index (χ0v) is 11.8. The number of likely N-dealkylation sites (N-methyl/N-ethyl adjacent to an activating group) is 1. The molecule has 0 amide bonds. The van der Waals surface area contributed by atoms with Crippen LogP contribution < -0.4 is 0 Å². The van der Waals surface area contributed by atoms with E-state index in [2.05, 4.69) is 4.90 Å². The van der Waals surface area contributed by atoms with Crippen LogP contribution in [-0.4, -0.2) is 40.9 Å². The summed E-state index contributed by atoms with van der Waals surface area (Å²) in [5.74, 6) is 0. The van der Waals surface area contributed by atoms with Gasteiger partial charge >= 0.3 is 0 Å². The van der Waals surface area contributed by atoms with Crippen LogP contribution in [0, 0.1) is 0 Å². The van der Waals surface area contributed by atoms with Crippen LogP contribution in [0.3, 0.4) is 0 Å². The number of hydrogen-bond acceptors (Lipinski definition) is 3. The van der Waals surface area contributed by atoms with Crippen molar-refractivity contribution in [2.24, 2.45) is 0 Å². The molecule has 1 unspecified atom stereocenters. The first-order valence-corrected chi connectivity index (χ1v) is 7.23. The monoisotopic (exact) mass is 263 g/mol. The Balaban J connectivity index is 1.75. The van der Waals surface area contributed by atoms with Crippen LogP contribution in [0.4, 0.5) is 0 Å². The lowest BCUT2D eigenvalue weighted by molar-refractivity contribution is 0.0129. The van der Waals surface area contributed by atoms with Crippen molar-refractivity contribution in [3.05, 3.63) is 35.9 Å². The molecule has 3 heteroatoms. The van der Waals surface area contributed by atoms with Gasteiger partial charge in [0.15, 0.2) is 0 Å². The quantitative estimate of drug-likeness (QED) is 0.828. The van der Waals surface area contributed by atoms with E-state index in [1.54, 1.807) is 0 Å². The van der Waals surface area contributed by atoms with Crippen molar-refractivity contribution in [1.29, 1.82) is 0 Å². The molecule has 0 heterocycles. The molecule has 1 saturated carbocycles. The number of aliphatic hydroxyl groups excluding tert-OH is 1. The van der Waals surface area contributed by atoms with Gasteiger partial charge in [0, 0.05) is 13.1 Å². The van der Waals surface area contributed by atoms with Crippen LogP contribution in [0.2, 0.25) is 0 Å². The van der Waals surface area contributed by atoms with Gasteiger partial charge in [0.25, 0.3) is 0 Å². The van der Waals surface area contributed by atoms with Gasteiger partial charge < -0.3 is 15.1 Å². The van der Waals surface area contributed by atoms with Gasteiger partial charge in [0.1, 0.15) is 0 Å². The van der Waals surface area contributed by atoms with Gasteiger partial charge in [-0.05, 0) is 31.9 Å². The summed E-state index contributed by atoms with van der Waals surface area (Å²) < 4.78 is 0.